The summed E-state index contributed by atoms with van der Waals surface area (Å²) in [6.45, 7) is 1.02. The van der Waals surface area contributed by atoms with Gasteiger partial charge in [0.2, 0.25) is 0 Å². The van der Waals surface area contributed by atoms with Crippen molar-refractivity contribution in [2.24, 2.45) is 0 Å². The smallest absolute Gasteiger partial charge is 0.425 e. The van der Waals surface area contributed by atoms with Gasteiger partial charge in [-0.2, -0.15) is 13.2 Å². The Morgan fingerprint density at radius 2 is 1.83 bits per heavy atom. The average molecular weight is 416 g/mol. The van der Waals surface area contributed by atoms with Crippen LogP contribution in [0, 0.1) is 5.82 Å². The monoisotopic (exact) mass is 416 g/mol. The quantitative estimate of drug-likeness (QED) is 0.648. The first-order chi connectivity index (χ1) is 13.5. The highest BCUT2D eigenvalue weighted by atomic mass is 19.4. The van der Waals surface area contributed by atoms with Crippen LogP contribution < -0.4 is 21.9 Å². The minimum Gasteiger partial charge on any atom is -0.450 e. The van der Waals surface area contributed by atoms with Crippen molar-refractivity contribution in [1.29, 1.82) is 0 Å². The van der Waals surface area contributed by atoms with Crippen LogP contribution in [0.3, 0.4) is 0 Å². The lowest BCUT2D eigenvalue weighted by atomic mass is 9.92. The van der Waals surface area contributed by atoms with Crippen molar-refractivity contribution in [3.63, 3.8) is 0 Å². The molecule has 0 spiro atoms. The Hall–Kier alpha value is -3.64. The number of halogens is 4. The molecule has 29 heavy (non-hydrogen) atoms. The Labute approximate surface area is 158 Å². The van der Waals surface area contributed by atoms with Crippen molar-refractivity contribution in [1.82, 2.24) is 14.9 Å². The summed E-state index contributed by atoms with van der Waals surface area (Å²) in [7, 11) is 0. The number of carbonyl (C=O) groups excluding carboxylic acids is 2. The van der Waals surface area contributed by atoms with Gasteiger partial charge in [0, 0.05) is 0 Å². The van der Waals surface area contributed by atoms with E-state index in [1.165, 1.54) is 12.2 Å². The molecule has 2 amide bonds. The van der Waals surface area contributed by atoms with Crippen LogP contribution in [-0.2, 0) is 15.1 Å². The molecular weight excluding hydrogens is 404 g/mol. The van der Waals surface area contributed by atoms with Gasteiger partial charge in [0.05, 0.1) is 12.3 Å². The first-order valence-electron chi connectivity index (χ1n) is 8.01. The highest BCUT2D eigenvalue weighted by Crippen LogP contribution is 2.45. The SMILES string of the molecule is CCOC(=O)N[C@]1(C(F)(F)F)C(=O)Nc2c1c(=O)[nH]c(=O)n2-c1ccc(F)cc1. The van der Waals surface area contributed by atoms with E-state index in [0.29, 0.717) is 4.57 Å². The number of aromatic nitrogens is 2. The van der Waals surface area contributed by atoms with E-state index in [0.717, 1.165) is 24.3 Å². The molecule has 0 bridgehead atoms. The number of alkyl carbamates (subject to hydrolysis) is 1. The van der Waals surface area contributed by atoms with Crippen molar-refractivity contribution in [3.8, 4) is 5.69 Å². The number of nitrogens with one attached hydrogen (secondary N) is 3. The maximum absolute atomic E-state index is 14.0. The highest BCUT2D eigenvalue weighted by molar-refractivity contribution is 6.07. The van der Waals surface area contributed by atoms with E-state index in [2.05, 4.69) is 4.74 Å². The third kappa shape index (κ3) is 3.03. The second-order valence-electron chi connectivity index (χ2n) is 5.84. The van der Waals surface area contributed by atoms with Gasteiger partial charge in [0.15, 0.2) is 0 Å². The second kappa shape index (κ2) is 6.76. The number of rotatable bonds is 3. The van der Waals surface area contributed by atoms with E-state index >= 15 is 0 Å². The lowest BCUT2D eigenvalue weighted by Gasteiger charge is -2.29. The lowest BCUT2D eigenvalue weighted by Crippen LogP contribution is -2.62. The summed E-state index contributed by atoms with van der Waals surface area (Å²) in [6.07, 6.45) is -7.08. The number of nitrogens with zero attached hydrogens (tertiary/aromatic N) is 1. The predicted molar refractivity (Wildman–Crippen MR) is 89.1 cm³/mol. The number of amides is 2. The molecule has 9 nitrogen and oxygen atoms in total. The number of aromatic amines is 1. The van der Waals surface area contributed by atoms with E-state index in [-0.39, 0.29) is 12.3 Å². The van der Waals surface area contributed by atoms with Gasteiger partial charge in [-0.1, -0.05) is 0 Å². The van der Waals surface area contributed by atoms with Gasteiger partial charge >= 0.3 is 18.0 Å². The predicted octanol–water partition coefficient (Wildman–Crippen LogP) is 1.12. The molecule has 0 saturated heterocycles. The number of benzene rings is 1. The van der Waals surface area contributed by atoms with Gasteiger partial charge in [-0.15, -0.1) is 0 Å². The van der Waals surface area contributed by atoms with Crippen molar-refractivity contribution in [2.75, 3.05) is 11.9 Å². The Kier molecular flexibility index (Phi) is 4.68. The summed E-state index contributed by atoms with van der Waals surface area (Å²) in [5.74, 6) is -3.33. The molecule has 0 radical (unpaired) electrons. The second-order valence-corrected chi connectivity index (χ2v) is 5.84. The van der Waals surface area contributed by atoms with E-state index < -0.39 is 52.2 Å². The Morgan fingerprint density at radius 3 is 2.38 bits per heavy atom. The number of H-pyrrole nitrogens is 1. The first-order valence-corrected chi connectivity index (χ1v) is 8.01. The molecule has 1 atom stereocenters. The minimum atomic E-state index is -5.48. The number of anilines is 1. The van der Waals surface area contributed by atoms with Gasteiger partial charge in [0.1, 0.15) is 17.2 Å². The van der Waals surface area contributed by atoms with Crippen LogP contribution in [0.4, 0.5) is 28.2 Å². The zero-order chi connectivity index (χ0) is 21.6. The van der Waals surface area contributed by atoms with Crippen LogP contribution in [0.1, 0.15) is 12.5 Å². The van der Waals surface area contributed by atoms with Crippen molar-refractivity contribution < 1.29 is 31.9 Å². The summed E-state index contributed by atoms with van der Waals surface area (Å²) in [5, 5.41) is 3.22. The molecule has 0 unspecified atom stereocenters. The third-order valence-corrected chi connectivity index (χ3v) is 4.13. The molecule has 154 valence electrons. The minimum absolute atomic E-state index is 0.140. The largest absolute Gasteiger partial charge is 0.450 e. The number of fused-ring (bicyclic) bond motifs is 1. The average Bonchev–Trinajstić information content (AvgIpc) is 2.90. The van der Waals surface area contributed by atoms with E-state index in [4.69, 9.17) is 0 Å². The molecular formula is C16H12F4N4O5. The lowest BCUT2D eigenvalue weighted by molar-refractivity contribution is -0.197. The highest BCUT2D eigenvalue weighted by Gasteiger charge is 2.69. The van der Waals surface area contributed by atoms with Crippen LogP contribution in [-0.4, -0.2) is 34.3 Å². The van der Waals surface area contributed by atoms with Crippen LogP contribution in [0.15, 0.2) is 33.9 Å². The van der Waals surface area contributed by atoms with Gasteiger partial charge in [-0.3, -0.25) is 19.9 Å². The van der Waals surface area contributed by atoms with Gasteiger partial charge < -0.3 is 10.1 Å². The molecule has 2 aromatic rings. The summed E-state index contributed by atoms with van der Waals surface area (Å²) in [5.41, 5.74) is -7.94. The summed E-state index contributed by atoms with van der Waals surface area (Å²) in [6, 6.07) is 3.94. The maximum Gasteiger partial charge on any atom is 0.425 e. The normalized spacial score (nSPS) is 18.2. The zero-order valence-electron chi connectivity index (χ0n) is 14.5. The van der Waals surface area contributed by atoms with Gasteiger partial charge in [0.25, 0.3) is 17.0 Å². The van der Waals surface area contributed by atoms with Crippen LogP contribution in [0.25, 0.3) is 5.69 Å². The molecule has 0 saturated carbocycles. The van der Waals surface area contributed by atoms with Crippen LogP contribution in [0.2, 0.25) is 0 Å². The van der Waals surface area contributed by atoms with Crippen molar-refractivity contribution >= 4 is 17.8 Å². The van der Waals surface area contributed by atoms with Crippen LogP contribution in [0.5, 0.6) is 0 Å². The van der Waals surface area contributed by atoms with E-state index in [1.807, 2.05) is 5.32 Å². The summed E-state index contributed by atoms with van der Waals surface area (Å²) in [4.78, 5) is 50.4. The molecule has 1 aliphatic rings. The van der Waals surface area contributed by atoms with Crippen LogP contribution >= 0.6 is 0 Å². The fraction of sp³-hybridized carbons (Fsp3) is 0.250. The van der Waals surface area contributed by atoms with Gasteiger partial charge in [-0.25, -0.2) is 18.5 Å². The molecule has 3 rings (SSSR count). The van der Waals surface area contributed by atoms with E-state index in [9.17, 15) is 36.7 Å². The molecule has 1 aliphatic heterocycles. The topological polar surface area (TPSA) is 122 Å². The number of alkyl halides is 3. The fourth-order valence-corrected chi connectivity index (χ4v) is 2.93. The zero-order valence-corrected chi connectivity index (χ0v) is 14.5. The summed E-state index contributed by atoms with van der Waals surface area (Å²) >= 11 is 0. The standard InChI is InChI=1S/C16H12F4N4O5/c1-2-29-14(28)23-15(16(18,19)20)9-10(21-12(15)26)24(13(27)22-11(9)25)8-5-3-7(17)4-6-8/h3-6H,2H2,1H3,(H,21,26)(H,23,28)(H,22,25,27)/t15-/m0/s1. The number of ether oxygens (including phenoxy) is 1. The Bertz CT molecular complexity index is 1110. The third-order valence-electron chi connectivity index (χ3n) is 4.13. The Morgan fingerprint density at radius 1 is 1.21 bits per heavy atom. The Balaban J connectivity index is 2.34. The summed E-state index contributed by atoms with van der Waals surface area (Å²) < 4.78 is 60.1. The first kappa shape index (κ1) is 20.1. The van der Waals surface area contributed by atoms with Gasteiger partial charge in [-0.05, 0) is 31.2 Å². The number of carbonyl (C=O) groups is 2. The molecule has 13 heteroatoms. The fourth-order valence-electron chi connectivity index (χ4n) is 2.93. The van der Waals surface area contributed by atoms with Crippen molar-refractivity contribution in [2.45, 2.75) is 18.6 Å². The van der Waals surface area contributed by atoms with Crippen molar-refractivity contribution in [3.05, 3.63) is 56.5 Å². The molecule has 1 aromatic carbocycles. The molecule has 1 aromatic heterocycles. The molecule has 0 fully saturated rings. The van der Waals surface area contributed by atoms with E-state index in [1.54, 1.807) is 4.98 Å². The number of hydrogen-bond acceptors (Lipinski definition) is 5. The molecule has 2 heterocycles. The maximum atomic E-state index is 14.0. The molecule has 0 aliphatic carbocycles. The number of hydrogen-bond donors (Lipinski definition) is 3. The molecule has 3 N–H and O–H groups in total.